The Morgan fingerprint density at radius 2 is 1.27 bits per heavy atom. The lowest BCUT2D eigenvalue weighted by molar-refractivity contribution is -0.156. The van der Waals surface area contributed by atoms with Gasteiger partial charge in [-0.2, -0.15) is 0 Å². The molecule has 0 radical (unpaired) electrons. The van der Waals surface area contributed by atoms with Gasteiger partial charge in [0.05, 0.1) is 19.4 Å². The van der Waals surface area contributed by atoms with Crippen molar-refractivity contribution in [3.63, 3.8) is 0 Å². The summed E-state index contributed by atoms with van der Waals surface area (Å²) in [5, 5.41) is 32.2. The van der Waals surface area contributed by atoms with E-state index in [1.54, 1.807) is 46.9 Å². The average Bonchev–Trinajstić information content (AvgIpc) is 3.38. The predicted molar refractivity (Wildman–Crippen MR) is 171 cm³/mol. The van der Waals surface area contributed by atoms with Crippen LogP contribution in [0.3, 0.4) is 0 Å². The Morgan fingerprint density at radius 1 is 0.771 bits per heavy atom. The van der Waals surface area contributed by atoms with E-state index in [1.165, 1.54) is 0 Å². The average molecular weight is 673 g/mol. The second kappa shape index (κ2) is 16.2. The molecular weight excluding hydrogens is 628 g/mol. The smallest absolute Gasteiger partial charge is 0.308 e. The number of hydrogen-bond donors (Lipinski definition) is 8. The van der Waals surface area contributed by atoms with E-state index >= 15 is 0 Å². The van der Waals surface area contributed by atoms with Crippen LogP contribution in [-0.4, -0.2) is 99.1 Å². The van der Waals surface area contributed by atoms with E-state index in [0.29, 0.717) is 5.56 Å². The molecule has 2 heterocycles. The van der Waals surface area contributed by atoms with Crippen molar-refractivity contribution in [1.29, 1.82) is 0 Å². The highest BCUT2D eigenvalue weighted by molar-refractivity contribution is 5.99. The zero-order valence-corrected chi connectivity index (χ0v) is 27.5. The number of benzene rings is 1. The minimum atomic E-state index is -1.71. The molecule has 0 unspecified atom stereocenters. The van der Waals surface area contributed by atoms with Crippen LogP contribution in [0.2, 0.25) is 0 Å². The van der Waals surface area contributed by atoms with Gasteiger partial charge in [0.15, 0.2) is 0 Å². The molecule has 8 N–H and O–H groups in total. The van der Waals surface area contributed by atoms with E-state index in [9.17, 15) is 43.8 Å². The monoisotopic (exact) mass is 672 g/mol. The molecule has 262 valence electrons. The molecule has 1 aliphatic rings. The number of fused-ring (bicyclic) bond motifs is 1. The van der Waals surface area contributed by atoms with Gasteiger partial charge in [0.25, 0.3) is 0 Å². The molecule has 1 saturated heterocycles. The van der Waals surface area contributed by atoms with Crippen molar-refractivity contribution >= 4 is 52.4 Å². The van der Waals surface area contributed by atoms with Crippen LogP contribution >= 0.6 is 0 Å². The molecule has 2 aromatic rings. The number of carbonyl (C=O) groups is 7. The quantitative estimate of drug-likeness (QED) is 0.157. The van der Waals surface area contributed by atoms with Gasteiger partial charge in [-0.25, -0.2) is 0 Å². The number of aromatic nitrogens is 1. The van der Waals surface area contributed by atoms with Crippen LogP contribution in [0, 0.1) is 5.92 Å². The zero-order chi connectivity index (χ0) is 35.8. The van der Waals surface area contributed by atoms with Gasteiger partial charge in [-0.15, -0.1) is 0 Å². The molecule has 5 amide bonds. The fourth-order valence-corrected chi connectivity index (χ4v) is 5.13. The molecule has 1 aromatic carbocycles. The molecule has 5 atom stereocenters. The number of carboxylic acid groups (broad SMARTS) is 1. The predicted octanol–water partition coefficient (Wildman–Crippen LogP) is -0.607. The number of esters is 1. The minimum absolute atomic E-state index is 0.0767. The number of aliphatic hydroxyl groups is 1. The van der Waals surface area contributed by atoms with Crippen LogP contribution in [0.1, 0.15) is 59.4 Å². The number of aliphatic carboxylic acids is 1. The molecule has 1 aromatic heterocycles. The second-order valence-corrected chi connectivity index (χ2v) is 13.1. The van der Waals surface area contributed by atoms with Crippen molar-refractivity contribution in [2.45, 2.75) is 96.1 Å². The summed E-state index contributed by atoms with van der Waals surface area (Å²) in [4.78, 5) is 95.1. The van der Waals surface area contributed by atoms with Crippen LogP contribution in [0.5, 0.6) is 0 Å². The summed E-state index contributed by atoms with van der Waals surface area (Å²) in [5.74, 6) is -7.31. The van der Waals surface area contributed by atoms with E-state index in [2.05, 4.69) is 31.6 Å². The Morgan fingerprint density at radius 3 is 1.85 bits per heavy atom. The highest BCUT2D eigenvalue weighted by Gasteiger charge is 2.36. The second-order valence-electron chi connectivity index (χ2n) is 13.1. The molecule has 3 rings (SSSR count). The molecule has 0 spiro atoms. The lowest BCUT2D eigenvalue weighted by Gasteiger charge is -2.27. The fourth-order valence-electron chi connectivity index (χ4n) is 5.13. The SMILES string of the molecule is CC(C)C[C@@H]1NC(=O)[C@@H](CC(=O)O)NC(=O)[C@H](CO)NC(=O)[C@@H](CC(=O)OC(C)(C)C)NC(=O)[C@@H](Cc2c[nH]c3ccccc23)NC1=O. The Labute approximate surface area is 277 Å². The third kappa shape index (κ3) is 10.8. The highest BCUT2D eigenvalue weighted by atomic mass is 16.6. The maximum absolute atomic E-state index is 13.9. The summed E-state index contributed by atoms with van der Waals surface area (Å²) >= 11 is 0. The Bertz CT molecular complexity index is 1530. The van der Waals surface area contributed by atoms with Crippen molar-refractivity contribution in [1.82, 2.24) is 31.6 Å². The van der Waals surface area contributed by atoms with Gasteiger partial charge in [-0.3, -0.25) is 33.6 Å². The van der Waals surface area contributed by atoms with Crippen LogP contribution in [0.4, 0.5) is 0 Å². The minimum Gasteiger partial charge on any atom is -0.481 e. The fraction of sp³-hybridized carbons (Fsp3) is 0.531. The Balaban J connectivity index is 2.10. The zero-order valence-electron chi connectivity index (χ0n) is 27.5. The summed E-state index contributed by atoms with van der Waals surface area (Å²) in [7, 11) is 0. The Hall–Kier alpha value is -4.99. The number of nitrogens with one attached hydrogen (secondary N) is 6. The van der Waals surface area contributed by atoms with E-state index in [0.717, 1.165) is 10.9 Å². The highest BCUT2D eigenvalue weighted by Crippen LogP contribution is 2.20. The number of hydrogen-bond acceptors (Lipinski definition) is 9. The number of carbonyl (C=O) groups excluding carboxylic acids is 6. The summed E-state index contributed by atoms with van der Waals surface area (Å²) in [6.07, 6.45) is 0.0979. The van der Waals surface area contributed by atoms with Crippen molar-refractivity contribution in [3.8, 4) is 0 Å². The van der Waals surface area contributed by atoms with Gasteiger partial charge in [0, 0.05) is 23.5 Å². The van der Waals surface area contributed by atoms with Gasteiger partial charge < -0.3 is 46.5 Å². The molecular formula is C32H44N6O10. The van der Waals surface area contributed by atoms with Crippen LogP contribution < -0.4 is 26.6 Å². The van der Waals surface area contributed by atoms with Gasteiger partial charge in [-0.1, -0.05) is 32.0 Å². The number of aromatic amines is 1. The van der Waals surface area contributed by atoms with Crippen LogP contribution in [0.15, 0.2) is 30.5 Å². The normalized spacial score (nSPS) is 23.2. The van der Waals surface area contributed by atoms with Crippen molar-refractivity contribution in [3.05, 3.63) is 36.0 Å². The molecule has 0 saturated carbocycles. The lowest BCUT2D eigenvalue weighted by Crippen LogP contribution is -2.59. The maximum Gasteiger partial charge on any atom is 0.308 e. The summed E-state index contributed by atoms with van der Waals surface area (Å²) < 4.78 is 5.34. The molecule has 16 heteroatoms. The standard InChI is InChI=1S/C32H44N6O10/c1-16(2)10-20-27(43)35-21(11-17-14-33-19-9-7-6-8-18(17)19)28(44)37-23(13-26(42)48-32(3,4)5)30(46)38-24(15-39)31(47)36-22(12-25(40)41)29(45)34-20/h6-9,14,16,20-24,33,39H,10-13,15H2,1-5H3,(H,34,45)(H,35,43)(H,36,47)(H,37,44)(H,38,46)(H,40,41)/t20-,21+,22+,23+,24-/m0/s1. The first-order valence-electron chi connectivity index (χ1n) is 15.6. The van der Waals surface area contributed by atoms with Crippen LogP contribution in [-0.2, 0) is 44.7 Å². The molecule has 0 aliphatic carbocycles. The lowest BCUT2D eigenvalue weighted by atomic mass is 10.00. The first kappa shape index (κ1) is 37.5. The number of para-hydroxylation sites is 1. The van der Waals surface area contributed by atoms with Gasteiger partial charge in [-0.05, 0) is 44.7 Å². The summed E-state index contributed by atoms with van der Waals surface area (Å²) in [5.41, 5.74) is 0.458. The first-order valence-corrected chi connectivity index (χ1v) is 15.6. The molecule has 1 fully saturated rings. The maximum atomic E-state index is 13.9. The van der Waals surface area contributed by atoms with Crippen molar-refractivity contribution in [2.24, 2.45) is 5.92 Å². The largest absolute Gasteiger partial charge is 0.481 e. The molecule has 1 aliphatic heterocycles. The number of aliphatic hydroxyl groups excluding tert-OH is 1. The van der Waals surface area contributed by atoms with Crippen LogP contribution in [0.25, 0.3) is 10.9 Å². The third-order valence-corrected chi connectivity index (χ3v) is 7.32. The summed E-state index contributed by atoms with van der Waals surface area (Å²) in [6, 6.07) is -0.402. The van der Waals surface area contributed by atoms with Gasteiger partial charge in [0.2, 0.25) is 29.5 Å². The number of amides is 5. The van der Waals surface area contributed by atoms with E-state index in [4.69, 9.17) is 4.74 Å². The topological polar surface area (TPSA) is 245 Å². The summed E-state index contributed by atoms with van der Waals surface area (Å²) in [6.45, 7) is 7.41. The Kier molecular flexibility index (Phi) is 12.7. The number of rotatable bonds is 9. The molecule has 0 bridgehead atoms. The van der Waals surface area contributed by atoms with E-state index in [1.807, 2.05) is 18.2 Å². The number of H-pyrrole nitrogens is 1. The van der Waals surface area contributed by atoms with E-state index < -0.39 is 96.7 Å². The molecule has 16 nitrogen and oxygen atoms in total. The third-order valence-electron chi connectivity index (χ3n) is 7.32. The first-order chi connectivity index (χ1) is 22.5. The van der Waals surface area contributed by atoms with Crippen molar-refractivity contribution < 1.29 is 48.5 Å². The van der Waals surface area contributed by atoms with Crippen molar-refractivity contribution in [2.75, 3.05) is 6.61 Å². The number of ether oxygens (including phenoxy) is 1. The van der Waals surface area contributed by atoms with Gasteiger partial charge in [0.1, 0.15) is 35.8 Å². The van der Waals surface area contributed by atoms with E-state index in [-0.39, 0.29) is 18.8 Å². The molecule has 48 heavy (non-hydrogen) atoms. The number of carboxylic acids is 1. The van der Waals surface area contributed by atoms with Gasteiger partial charge >= 0.3 is 11.9 Å².